The number of rotatable bonds is 79. The summed E-state index contributed by atoms with van der Waals surface area (Å²) in [4.78, 5) is 58.7. The van der Waals surface area contributed by atoms with Crippen LogP contribution in [0.3, 0.4) is 0 Å². The van der Waals surface area contributed by atoms with Gasteiger partial charge in [-0.25, -0.2) is 9.13 Å². The van der Waals surface area contributed by atoms with Gasteiger partial charge in [-0.2, -0.15) is 0 Å². The summed E-state index contributed by atoms with van der Waals surface area (Å²) in [6.07, 6.45) is 95.5. The number of hydrogen-bond acceptors (Lipinski definition) is 14. The second kappa shape index (κ2) is 79.5. The normalized spacial score (nSPS) is 14.5. The van der Waals surface area contributed by atoms with E-state index in [0.717, 1.165) is 154 Å². The molecule has 0 rings (SSSR count). The highest BCUT2D eigenvalue weighted by atomic mass is 31.2. The Balaban J connectivity index is 4.42. The number of phosphoric ester groups is 2. The van der Waals surface area contributed by atoms with Gasteiger partial charge < -0.3 is 34.2 Å². The molecular weight excluding hydrogens is 1360 g/mol. The standard InChI is InChI=1S/C87H152O16P2/c1-4-7-10-13-16-19-22-25-27-29-31-33-35-36-37-38-39-40-41-42-43-44-46-48-49-51-53-56-58-61-64-67-70-73-85(90)97-76-82(88)77-99-104(93,94)100-78-83(89)79-101-105(95,96)102-81-84(103-87(92)75-72-69-66-63-60-55-24-21-18-15-12-9-6-3)80-98-86(91)74-71-68-65-62-59-57-54-52-50-47-45-34-32-30-28-26-23-20-17-14-11-8-5-2/h8,11,16-17,19-21,24-28,31-34,36-37,47,50,82-84,88-89H,4-7,9-10,12-15,18,22-23,29-30,35,38-46,48-49,51-81H2,1-3H3,(H,93,94)(H,95,96)/b11-8-,19-16-,20-17-,24-21-,27-25-,28-26-,33-31-,34-32-,37-36-,50-47-. The molecule has 5 unspecified atom stereocenters. The van der Waals surface area contributed by atoms with E-state index in [9.17, 15) is 43.5 Å². The number of aliphatic hydroxyl groups is 2. The summed E-state index contributed by atoms with van der Waals surface area (Å²) in [7, 11) is -9.79. The molecular formula is C87H152O16P2. The molecule has 0 fully saturated rings. The highest BCUT2D eigenvalue weighted by Gasteiger charge is 2.29. The summed E-state index contributed by atoms with van der Waals surface area (Å²) >= 11 is 0. The fourth-order valence-electron chi connectivity index (χ4n) is 11.3. The van der Waals surface area contributed by atoms with E-state index in [2.05, 4.69) is 142 Å². The Labute approximate surface area is 640 Å². The molecule has 0 aliphatic heterocycles. The van der Waals surface area contributed by atoms with Crippen molar-refractivity contribution in [1.82, 2.24) is 0 Å². The first-order chi connectivity index (χ1) is 51.2. The molecule has 0 aliphatic carbocycles. The van der Waals surface area contributed by atoms with E-state index in [4.69, 9.17) is 32.3 Å². The third kappa shape index (κ3) is 80.8. The largest absolute Gasteiger partial charge is 0.472 e. The van der Waals surface area contributed by atoms with Crippen molar-refractivity contribution in [3.63, 3.8) is 0 Å². The van der Waals surface area contributed by atoms with E-state index in [1.54, 1.807) is 0 Å². The molecule has 0 aromatic rings. The van der Waals surface area contributed by atoms with E-state index in [1.165, 1.54) is 141 Å². The zero-order valence-corrected chi connectivity index (χ0v) is 68.2. The molecule has 0 saturated carbocycles. The minimum Gasteiger partial charge on any atom is -0.463 e. The first kappa shape index (κ1) is 101. The average molecular weight is 1520 g/mol. The van der Waals surface area contributed by atoms with Gasteiger partial charge in [-0.3, -0.25) is 32.5 Å². The number of esters is 3. The molecule has 0 aliphatic rings. The lowest BCUT2D eigenvalue weighted by Gasteiger charge is -2.21. The summed E-state index contributed by atoms with van der Waals surface area (Å²) < 4.78 is 61.2. The molecule has 18 heteroatoms. The molecule has 0 saturated heterocycles. The number of unbranched alkanes of at least 4 members (excludes halogenated alkanes) is 36. The van der Waals surface area contributed by atoms with E-state index >= 15 is 0 Å². The lowest BCUT2D eigenvalue weighted by atomic mass is 10.0. The van der Waals surface area contributed by atoms with Crippen molar-refractivity contribution in [2.45, 2.75) is 373 Å². The molecule has 0 spiro atoms. The van der Waals surface area contributed by atoms with Crippen LogP contribution in [0, 0.1) is 0 Å². The molecule has 4 N–H and O–H groups in total. The van der Waals surface area contributed by atoms with Gasteiger partial charge in [-0.05, 0) is 135 Å². The fourth-order valence-corrected chi connectivity index (χ4v) is 12.9. The number of carbonyl (C=O) groups is 3. The van der Waals surface area contributed by atoms with E-state index in [1.807, 2.05) is 0 Å². The maximum atomic E-state index is 13.0. The van der Waals surface area contributed by atoms with Crippen molar-refractivity contribution in [3.05, 3.63) is 122 Å². The summed E-state index contributed by atoms with van der Waals surface area (Å²) in [6, 6.07) is 0. The third-order valence-corrected chi connectivity index (χ3v) is 19.5. The quantitative estimate of drug-likeness (QED) is 0.0146. The predicted octanol–water partition coefficient (Wildman–Crippen LogP) is 24.9. The van der Waals surface area contributed by atoms with Gasteiger partial charge in [-0.15, -0.1) is 0 Å². The van der Waals surface area contributed by atoms with Gasteiger partial charge >= 0.3 is 33.6 Å². The number of carbonyl (C=O) groups excluding carboxylic acids is 3. The molecule has 0 aromatic carbocycles. The number of ether oxygens (including phenoxy) is 3. The summed E-state index contributed by atoms with van der Waals surface area (Å²) in [5, 5.41) is 20.7. The van der Waals surface area contributed by atoms with E-state index in [0.29, 0.717) is 19.3 Å². The lowest BCUT2D eigenvalue weighted by molar-refractivity contribution is -0.161. The van der Waals surface area contributed by atoms with Crippen molar-refractivity contribution < 1.29 is 75.8 Å². The van der Waals surface area contributed by atoms with Crippen molar-refractivity contribution in [3.8, 4) is 0 Å². The molecule has 105 heavy (non-hydrogen) atoms. The third-order valence-electron chi connectivity index (χ3n) is 17.6. The first-order valence-corrected chi connectivity index (χ1v) is 44.8. The van der Waals surface area contributed by atoms with Gasteiger partial charge in [0.15, 0.2) is 6.10 Å². The van der Waals surface area contributed by atoms with Crippen LogP contribution in [0.5, 0.6) is 0 Å². The lowest BCUT2D eigenvalue weighted by Crippen LogP contribution is -2.30. The molecule has 0 amide bonds. The summed E-state index contributed by atoms with van der Waals surface area (Å²) in [5.41, 5.74) is 0. The molecule has 5 atom stereocenters. The second-order valence-electron chi connectivity index (χ2n) is 27.9. The Bertz CT molecular complexity index is 2390. The van der Waals surface area contributed by atoms with Crippen LogP contribution < -0.4 is 0 Å². The Morgan fingerprint density at radius 3 is 0.829 bits per heavy atom. The van der Waals surface area contributed by atoms with Crippen molar-refractivity contribution in [2.24, 2.45) is 0 Å². The monoisotopic (exact) mass is 1520 g/mol. The van der Waals surface area contributed by atoms with E-state index < -0.39 is 91.5 Å². The molecule has 0 bridgehead atoms. The topological polar surface area (TPSA) is 231 Å². The molecule has 0 aromatic heterocycles. The van der Waals surface area contributed by atoms with Crippen molar-refractivity contribution in [1.29, 1.82) is 0 Å². The zero-order chi connectivity index (χ0) is 76.6. The van der Waals surface area contributed by atoms with Crippen LogP contribution in [0.2, 0.25) is 0 Å². The highest BCUT2D eigenvalue weighted by molar-refractivity contribution is 7.47. The van der Waals surface area contributed by atoms with Crippen LogP contribution in [-0.4, -0.2) is 95.9 Å². The number of hydrogen-bond donors (Lipinski definition) is 4. The van der Waals surface area contributed by atoms with E-state index in [-0.39, 0.29) is 19.3 Å². The van der Waals surface area contributed by atoms with Gasteiger partial charge in [-0.1, -0.05) is 322 Å². The zero-order valence-electron chi connectivity index (χ0n) is 66.4. The second-order valence-corrected chi connectivity index (χ2v) is 30.8. The summed E-state index contributed by atoms with van der Waals surface area (Å²) in [6.45, 7) is 2.53. The van der Waals surface area contributed by atoms with Crippen molar-refractivity contribution in [2.75, 3.05) is 39.6 Å². The highest BCUT2D eigenvalue weighted by Crippen LogP contribution is 2.45. The SMILES string of the molecule is CC/C=C\C/C=C\C/C=C\C/C=C\C/C=C\CCCCCCCCCC(=O)OCC(COP(=O)(O)OCC(O)COP(=O)(O)OCC(O)COC(=O)CCCCCCCCCCCCCCCCCCC/C=C\C/C=C\C/C=C\C/C=C\CCCCC)OC(=O)CCCCCCC/C=C\CCCCCC. The van der Waals surface area contributed by atoms with Crippen LogP contribution in [0.1, 0.15) is 355 Å². The minimum absolute atomic E-state index is 0.0908. The maximum Gasteiger partial charge on any atom is 0.472 e. The smallest absolute Gasteiger partial charge is 0.463 e. The van der Waals surface area contributed by atoms with Gasteiger partial charge in [0, 0.05) is 19.3 Å². The predicted molar refractivity (Wildman–Crippen MR) is 436 cm³/mol. The first-order valence-electron chi connectivity index (χ1n) is 41.8. The number of allylic oxidation sites excluding steroid dienone is 20. The van der Waals surface area contributed by atoms with Crippen LogP contribution in [0.15, 0.2) is 122 Å². The summed E-state index contributed by atoms with van der Waals surface area (Å²) in [5.74, 6) is -1.59. The fraction of sp³-hybridized carbons (Fsp3) is 0.736. The van der Waals surface area contributed by atoms with Crippen molar-refractivity contribution >= 4 is 33.6 Å². The molecule has 606 valence electrons. The Hall–Kier alpha value is -4.05. The molecule has 16 nitrogen and oxygen atoms in total. The Morgan fingerprint density at radius 1 is 0.276 bits per heavy atom. The molecule has 0 heterocycles. The van der Waals surface area contributed by atoms with Gasteiger partial charge in [0.25, 0.3) is 0 Å². The Morgan fingerprint density at radius 2 is 0.505 bits per heavy atom. The van der Waals surface area contributed by atoms with Crippen LogP contribution in [0.4, 0.5) is 0 Å². The van der Waals surface area contributed by atoms with Gasteiger partial charge in [0.05, 0.1) is 26.4 Å². The molecule has 0 radical (unpaired) electrons. The Kier molecular flexibility index (Phi) is 76.4. The van der Waals surface area contributed by atoms with Gasteiger partial charge in [0.2, 0.25) is 0 Å². The van der Waals surface area contributed by atoms with Gasteiger partial charge in [0.1, 0.15) is 25.4 Å². The number of phosphoric acid groups is 2. The van der Waals surface area contributed by atoms with Crippen LogP contribution >= 0.6 is 15.6 Å². The number of aliphatic hydroxyl groups excluding tert-OH is 2. The average Bonchev–Trinajstić information content (AvgIpc) is 0.914. The van der Waals surface area contributed by atoms with Crippen LogP contribution in [0.25, 0.3) is 0 Å². The maximum absolute atomic E-state index is 13.0. The van der Waals surface area contributed by atoms with Crippen LogP contribution in [-0.2, 0) is 55.8 Å². The minimum atomic E-state index is -4.93.